The van der Waals surface area contributed by atoms with Gasteiger partial charge in [-0.1, -0.05) is 84.9 Å². The van der Waals surface area contributed by atoms with Gasteiger partial charge in [0.1, 0.15) is 5.75 Å². The summed E-state index contributed by atoms with van der Waals surface area (Å²) < 4.78 is 5.24. The van der Waals surface area contributed by atoms with Gasteiger partial charge in [0.25, 0.3) is 5.69 Å². The van der Waals surface area contributed by atoms with Crippen molar-refractivity contribution in [2.24, 2.45) is 5.73 Å². The number of nitrogens with two attached hydrogens (primary N) is 1. The van der Waals surface area contributed by atoms with Gasteiger partial charge in [0.15, 0.2) is 0 Å². The summed E-state index contributed by atoms with van der Waals surface area (Å²) in [6.07, 6.45) is 0.0360. The second-order valence-electron chi connectivity index (χ2n) is 9.10. The Morgan fingerprint density at radius 3 is 1.95 bits per heavy atom. The lowest BCUT2D eigenvalue weighted by molar-refractivity contribution is -0.384. The summed E-state index contributed by atoms with van der Waals surface area (Å²) in [4.78, 5) is 40.0. The molecule has 0 aromatic heterocycles. The van der Waals surface area contributed by atoms with Crippen LogP contribution in [0.2, 0.25) is 0 Å². The van der Waals surface area contributed by atoms with Crippen molar-refractivity contribution >= 4 is 17.5 Å². The van der Waals surface area contributed by atoms with Crippen molar-refractivity contribution < 1.29 is 19.2 Å². The smallest absolute Gasteiger partial charge is 0.269 e. The van der Waals surface area contributed by atoms with Crippen molar-refractivity contribution in [1.82, 2.24) is 4.90 Å². The SMILES string of the molecule is COc1ccc(CN(C(=O)C(N)Cc2cccc([N+](=O)[O-])c2)C(=O)C(c2ccccc2)c2ccccc2)cc1. The number of carbonyl (C=O) groups is 2. The molecule has 1 atom stereocenters. The number of nitrogens with zero attached hydrogens (tertiary/aromatic N) is 2. The lowest BCUT2D eigenvalue weighted by atomic mass is 9.89. The Balaban J connectivity index is 1.70. The van der Waals surface area contributed by atoms with Gasteiger partial charge in [0.05, 0.1) is 30.5 Å². The molecule has 0 bridgehead atoms. The van der Waals surface area contributed by atoms with E-state index in [1.165, 1.54) is 17.0 Å². The number of carbonyl (C=O) groups excluding carboxylic acids is 2. The van der Waals surface area contributed by atoms with Crippen LogP contribution in [0.25, 0.3) is 0 Å². The van der Waals surface area contributed by atoms with Crippen molar-refractivity contribution in [2.75, 3.05) is 7.11 Å². The van der Waals surface area contributed by atoms with E-state index >= 15 is 0 Å². The Bertz CT molecular complexity index is 1390. The molecule has 1 unspecified atom stereocenters. The lowest BCUT2D eigenvalue weighted by Crippen LogP contribution is -2.49. The van der Waals surface area contributed by atoms with E-state index in [1.54, 1.807) is 43.5 Å². The number of ether oxygens (including phenoxy) is 1. The van der Waals surface area contributed by atoms with Crippen LogP contribution in [-0.2, 0) is 22.6 Å². The summed E-state index contributed by atoms with van der Waals surface area (Å²) in [6, 6.07) is 30.5. The monoisotopic (exact) mass is 523 g/mol. The molecule has 8 nitrogen and oxygen atoms in total. The molecule has 0 heterocycles. The molecule has 4 aromatic carbocycles. The Morgan fingerprint density at radius 2 is 1.41 bits per heavy atom. The minimum Gasteiger partial charge on any atom is -0.497 e. The van der Waals surface area contributed by atoms with E-state index in [0.29, 0.717) is 11.3 Å². The van der Waals surface area contributed by atoms with Crippen molar-refractivity contribution in [3.8, 4) is 5.75 Å². The normalized spacial score (nSPS) is 11.6. The maximum atomic E-state index is 14.2. The van der Waals surface area contributed by atoms with Crippen LogP contribution in [0.15, 0.2) is 109 Å². The van der Waals surface area contributed by atoms with E-state index in [-0.39, 0.29) is 18.7 Å². The molecule has 39 heavy (non-hydrogen) atoms. The summed E-state index contributed by atoms with van der Waals surface area (Å²) in [5.74, 6) is -1.07. The average Bonchev–Trinajstić information content (AvgIpc) is 2.97. The van der Waals surface area contributed by atoms with Crippen LogP contribution in [0, 0.1) is 10.1 Å². The summed E-state index contributed by atoms with van der Waals surface area (Å²) in [5.41, 5.74) is 9.01. The second-order valence-corrected chi connectivity index (χ2v) is 9.10. The number of amides is 2. The summed E-state index contributed by atoms with van der Waals surface area (Å²) in [7, 11) is 1.56. The molecular formula is C31H29N3O5. The van der Waals surface area contributed by atoms with Crippen molar-refractivity contribution in [2.45, 2.75) is 24.9 Å². The van der Waals surface area contributed by atoms with Crippen LogP contribution in [0.5, 0.6) is 5.75 Å². The van der Waals surface area contributed by atoms with Crippen LogP contribution >= 0.6 is 0 Å². The van der Waals surface area contributed by atoms with Gasteiger partial charge in [0.2, 0.25) is 11.8 Å². The lowest BCUT2D eigenvalue weighted by Gasteiger charge is -2.29. The van der Waals surface area contributed by atoms with Gasteiger partial charge < -0.3 is 10.5 Å². The molecule has 0 spiro atoms. The largest absolute Gasteiger partial charge is 0.497 e. The maximum absolute atomic E-state index is 14.2. The summed E-state index contributed by atoms with van der Waals surface area (Å²) in [6.45, 7) is 0.000462. The standard InChI is InChI=1S/C31H29N3O5/c1-39-27-17-15-22(16-18-27)21-33(30(35)28(32)20-23-9-8-14-26(19-23)34(37)38)31(36)29(24-10-4-2-5-11-24)25-12-6-3-7-13-25/h2-19,28-29H,20-21,32H2,1H3. The van der Waals surface area contributed by atoms with Gasteiger partial charge >= 0.3 is 0 Å². The van der Waals surface area contributed by atoms with Crippen LogP contribution in [0.1, 0.15) is 28.2 Å². The molecule has 4 aromatic rings. The van der Waals surface area contributed by atoms with E-state index < -0.39 is 28.7 Å². The molecule has 0 aliphatic rings. The van der Waals surface area contributed by atoms with Crippen LogP contribution < -0.4 is 10.5 Å². The van der Waals surface area contributed by atoms with Crippen molar-refractivity contribution in [3.63, 3.8) is 0 Å². The number of hydrogen-bond donors (Lipinski definition) is 1. The third-order valence-corrected chi connectivity index (χ3v) is 6.44. The zero-order valence-corrected chi connectivity index (χ0v) is 21.5. The molecule has 4 rings (SSSR count). The Labute approximate surface area is 226 Å². The topological polar surface area (TPSA) is 116 Å². The highest BCUT2D eigenvalue weighted by Gasteiger charge is 2.34. The first-order valence-corrected chi connectivity index (χ1v) is 12.4. The highest BCUT2D eigenvalue weighted by molar-refractivity contribution is 6.02. The summed E-state index contributed by atoms with van der Waals surface area (Å²) >= 11 is 0. The van der Waals surface area contributed by atoms with Gasteiger partial charge in [-0.15, -0.1) is 0 Å². The molecule has 0 aliphatic carbocycles. The number of imide groups is 1. The highest BCUT2D eigenvalue weighted by Crippen LogP contribution is 2.28. The van der Waals surface area contributed by atoms with E-state index in [0.717, 1.165) is 16.7 Å². The van der Waals surface area contributed by atoms with E-state index in [4.69, 9.17) is 10.5 Å². The minimum atomic E-state index is -1.10. The Morgan fingerprint density at radius 1 is 0.821 bits per heavy atom. The molecule has 2 amide bonds. The van der Waals surface area contributed by atoms with Crippen molar-refractivity contribution in [1.29, 1.82) is 0 Å². The van der Waals surface area contributed by atoms with Crippen LogP contribution in [-0.4, -0.2) is 34.8 Å². The first kappa shape index (κ1) is 27.2. The Hall–Kier alpha value is -4.82. The summed E-state index contributed by atoms with van der Waals surface area (Å²) in [5, 5.41) is 11.2. The van der Waals surface area contributed by atoms with Crippen molar-refractivity contribution in [3.05, 3.63) is 142 Å². The number of nitro benzene ring substituents is 1. The number of hydrogen-bond acceptors (Lipinski definition) is 6. The van der Waals surface area contributed by atoms with E-state index in [2.05, 4.69) is 0 Å². The minimum absolute atomic E-state index is 0.000462. The predicted octanol–water partition coefficient (Wildman–Crippen LogP) is 4.86. The number of benzene rings is 4. The molecule has 0 fully saturated rings. The van der Waals surface area contributed by atoms with Gasteiger partial charge in [-0.3, -0.25) is 24.6 Å². The quantitative estimate of drug-likeness (QED) is 0.234. The molecule has 198 valence electrons. The second kappa shape index (κ2) is 12.6. The van der Waals surface area contributed by atoms with Gasteiger partial charge in [-0.2, -0.15) is 0 Å². The third kappa shape index (κ3) is 6.74. The third-order valence-electron chi connectivity index (χ3n) is 6.44. The fourth-order valence-electron chi connectivity index (χ4n) is 4.44. The number of methoxy groups -OCH3 is 1. The fraction of sp³-hybridized carbons (Fsp3) is 0.161. The first-order valence-electron chi connectivity index (χ1n) is 12.4. The highest BCUT2D eigenvalue weighted by atomic mass is 16.6. The van der Waals surface area contributed by atoms with E-state index in [1.807, 2.05) is 60.7 Å². The molecule has 2 N–H and O–H groups in total. The molecule has 0 aliphatic heterocycles. The van der Waals surface area contributed by atoms with Gasteiger partial charge in [0, 0.05) is 12.1 Å². The number of non-ortho nitro benzene ring substituents is 1. The zero-order valence-electron chi connectivity index (χ0n) is 21.5. The van der Waals surface area contributed by atoms with Gasteiger partial charge in [-0.25, -0.2) is 0 Å². The Kier molecular flexibility index (Phi) is 8.81. The molecule has 0 saturated carbocycles. The molecular weight excluding hydrogens is 494 g/mol. The average molecular weight is 524 g/mol. The fourth-order valence-corrected chi connectivity index (χ4v) is 4.44. The molecule has 0 radical (unpaired) electrons. The predicted molar refractivity (Wildman–Crippen MR) is 148 cm³/mol. The van der Waals surface area contributed by atoms with Crippen LogP contribution in [0.4, 0.5) is 5.69 Å². The number of rotatable bonds is 10. The van der Waals surface area contributed by atoms with Crippen LogP contribution in [0.3, 0.4) is 0 Å². The zero-order chi connectivity index (χ0) is 27.8. The first-order chi connectivity index (χ1) is 18.9. The van der Waals surface area contributed by atoms with E-state index in [9.17, 15) is 19.7 Å². The molecule has 8 heteroatoms. The maximum Gasteiger partial charge on any atom is 0.269 e. The van der Waals surface area contributed by atoms with Gasteiger partial charge in [-0.05, 0) is 40.8 Å². The molecule has 0 saturated heterocycles. The number of nitro groups is 1.